The van der Waals surface area contributed by atoms with Gasteiger partial charge in [0.05, 0.1) is 19.3 Å². The molecule has 258 valence electrons. The Labute approximate surface area is 274 Å². The lowest BCUT2D eigenvalue weighted by Crippen LogP contribution is -2.36. The van der Waals surface area contributed by atoms with Gasteiger partial charge in [-0.25, -0.2) is 4.57 Å². The zero-order valence-corrected chi connectivity index (χ0v) is 30.6. The topological polar surface area (TPSA) is 94.1 Å². The minimum atomic E-state index is -4.15. The van der Waals surface area contributed by atoms with E-state index in [1.54, 1.807) is 0 Å². The van der Waals surface area contributed by atoms with Crippen molar-refractivity contribution in [3.8, 4) is 0 Å². The Kier molecular flexibility index (Phi) is 33.4. The molecule has 0 aromatic carbocycles. The first-order valence-corrected chi connectivity index (χ1v) is 20.6. The molecular formula is C34H69BrNO6P. The van der Waals surface area contributed by atoms with Gasteiger partial charge in [0.2, 0.25) is 5.91 Å². The van der Waals surface area contributed by atoms with Crippen LogP contribution >= 0.6 is 23.8 Å². The van der Waals surface area contributed by atoms with Crippen molar-refractivity contribution in [3.63, 3.8) is 0 Å². The summed E-state index contributed by atoms with van der Waals surface area (Å²) in [6, 6.07) is 0. The highest BCUT2D eigenvalue weighted by atomic mass is 79.9. The highest BCUT2D eigenvalue weighted by molar-refractivity contribution is 9.09. The lowest BCUT2D eigenvalue weighted by Gasteiger charge is -2.20. The van der Waals surface area contributed by atoms with Gasteiger partial charge in [-0.05, 0) is 12.8 Å². The maximum atomic E-state index is 12.4. The smallest absolute Gasteiger partial charge is 0.374 e. The van der Waals surface area contributed by atoms with E-state index in [9.17, 15) is 14.3 Å². The summed E-state index contributed by atoms with van der Waals surface area (Å²) in [6.45, 7) is 5.28. The van der Waals surface area contributed by atoms with Crippen molar-refractivity contribution < 1.29 is 28.0 Å². The second-order valence-corrected chi connectivity index (χ2v) is 14.4. The van der Waals surface area contributed by atoms with E-state index in [0.29, 0.717) is 18.4 Å². The normalized spacial score (nSPS) is 13.7. The van der Waals surface area contributed by atoms with E-state index >= 15 is 0 Å². The first kappa shape index (κ1) is 43.0. The molecular weight excluding hydrogens is 629 g/mol. The van der Waals surface area contributed by atoms with Crippen molar-refractivity contribution in [2.45, 2.75) is 180 Å². The fraction of sp³-hybridized carbons (Fsp3) is 0.971. The average Bonchev–Trinajstić information content (AvgIpc) is 3.00. The molecule has 2 atom stereocenters. The molecule has 0 heterocycles. The van der Waals surface area contributed by atoms with Gasteiger partial charge in [-0.3, -0.25) is 13.8 Å². The molecule has 0 rings (SSSR count). The Morgan fingerprint density at radius 3 is 1.51 bits per heavy atom. The highest BCUT2D eigenvalue weighted by Gasteiger charge is 2.23. The number of nitrogens with one attached hydrogen (secondary N) is 1. The zero-order chi connectivity index (χ0) is 31.7. The lowest BCUT2D eigenvalue weighted by atomic mass is 10.0. The SMILES string of the molecule is CCCCCCCCCCCCCCCCCOC(CNC(=O)CCCCCCCCCCC)COP(=O)(O)OCCBr. The van der Waals surface area contributed by atoms with Crippen molar-refractivity contribution >= 4 is 29.7 Å². The quantitative estimate of drug-likeness (QED) is 0.0389. The van der Waals surface area contributed by atoms with Gasteiger partial charge in [0.25, 0.3) is 0 Å². The number of unbranched alkanes of at least 4 members (excludes halogenated alkanes) is 22. The third-order valence-electron chi connectivity index (χ3n) is 7.89. The van der Waals surface area contributed by atoms with Crippen LogP contribution in [0.4, 0.5) is 0 Å². The first-order chi connectivity index (χ1) is 20.9. The van der Waals surface area contributed by atoms with Crippen LogP contribution in [0, 0.1) is 0 Å². The number of carbonyl (C=O) groups is 1. The van der Waals surface area contributed by atoms with Gasteiger partial charge >= 0.3 is 7.82 Å². The van der Waals surface area contributed by atoms with Gasteiger partial charge in [0.1, 0.15) is 0 Å². The Morgan fingerprint density at radius 2 is 1.07 bits per heavy atom. The van der Waals surface area contributed by atoms with Gasteiger partial charge < -0.3 is 14.9 Å². The van der Waals surface area contributed by atoms with Crippen LogP contribution in [0.25, 0.3) is 0 Å². The Hall–Kier alpha value is 0.0200. The Morgan fingerprint density at radius 1 is 0.651 bits per heavy atom. The third-order valence-corrected chi connectivity index (χ3v) is 9.20. The van der Waals surface area contributed by atoms with Gasteiger partial charge in [0.15, 0.2) is 0 Å². The Balaban J connectivity index is 4.05. The summed E-state index contributed by atoms with van der Waals surface area (Å²) in [5, 5.41) is 3.37. The van der Waals surface area contributed by atoms with E-state index in [1.807, 2.05) is 0 Å². The van der Waals surface area contributed by atoms with Crippen molar-refractivity contribution in [2.24, 2.45) is 0 Å². The van der Waals surface area contributed by atoms with Crippen molar-refractivity contribution in [1.29, 1.82) is 0 Å². The number of hydrogen-bond donors (Lipinski definition) is 2. The molecule has 0 aliphatic rings. The highest BCUT2D eigenvalue weighted by Crippen LogP contribution is 2.43. The molecule has 7 nitrogen and oxygen atoms in total. The fourth-order valence-electron chi connectivity index (χ4n) is 5.17. The molecule has 0 saturated carbocycles. The number of carbonyl (C=O) groups excluding carboxylic acids is 1. The van der Waals surface area contributed by atoms with E-state index in [2.05, 4.69) is 35.1 Å². The second-order valence-electron chi connectivity index (χ2n) is 12.1. The first-order valence-electron chi connectivity index (χ1n) is 18.0. The minimum Gasteiger partial charge on any atom is -0.374 e. The number of phosphoric acid groups is 1. The maximum Gasteiger partial charge on any atom is 0.472 e. The van der Waals surface area contributed by atoms with Crippen LogP contribution in [0.5, 0.6) is 0 Å². The van der Waals surface area contributed by atoms with E-state index < -0.39 is 13.9 Å². The van der Waals surface area contributed by atoms with E-state index in [0.717, 1.165) is 25.7 Å². The Bertz CT molecular complexity index is 642. The minimum absolute atomic E-state index is 0.00811. The molecule has 0 bridgehead atoms. The summed E-state index contributed by atoms with van der Waals surface area (Å²) >= 11 is 3.17. The van der Waals surface area contributed by atoms with Crippen LogP contribution in [0.3, 0.4) is 0 Å². The average molecular weight is 699 g/mol. The van der Waals surface area contributed by atoms with Crippen LogP contribution in [-0.4, -0.2) is 48.6 Å². The molecule has 0 spiro atoms. The molecule has 9 heteroatoms. The van der Waals surface area contributed by atoms with Crippen LogP contribution in [0.2, 0.25) is 0 Å². The molecule has 0 aliphatic carbocycles. The molecule has 43 heavy (non-hydrogen) atoms. The van der Waals surface area contributed by atoms with Crippen LogP contribution in [0.15, 0.2) is 0 Å². The van der Waals surface area contributed by atoms with Gasteiger partial charge in [-0.15, -0.1) is 0 Å². The number of halogens is 1. The maximum absolute atomic E-state index is 12.4. The van der Waals surface area contributed by atoms with Crippen LogP contribution < -0.4 is 5.32 Å². The monoisotopic (exact) mass is 697 g/mol. The van der Waals surface area contributed by atoms with Gasteiger partial charge in [-0.1, -0.05) is 171 Å². The predicted molar refractivity (Wildman–Crippen MR) is 185 cm³/mol. The summed E-state index contributed by atoms with van der Waals surface area (Å²) in [4.78, 5) is 22.3. The molecule has 0 radical (unpaired) electrons. The molecule has 1 amide bonds. The number of rotatable bonds is 35. The predicted octanol–water partition coefficient (Wildman–Crippen LogP) is 10.8. The number of amides is 1. The van der Waals surface area contributed by atoms with E-state index in [-0.39, 0.29) is 25.7 Å². The molecule has 0 fully saturated rings. The fourth-order valence-corrected chi connectivity index (χ4v) is 6.33. The standard InChI is InChI=1S/C34H69BrNO6P/c1-3-5-7-9-11-13-14-15-16-17-18-20-22-24-26-29-40-33(32-42-43(38,39)41-30-28-35)31-36-34(37)27-25-23-21-19-12-10-8-6-4-2/h33H,3-32H2,1-2H3,(H,36,37)(H,38,39). The van der Waals surface area contributed by atoms with Crippen molar-refractivity contribution in [3.05, 3.63) is 0 Å². The number of ether oxygens (including phenoxy) is 1. The summed E-state index contributed by atoms with van der Waals surface area (Å²) < 4.78 is 28.1. The summed E-state index contributed by atoms with van der Waals surface area (Å²) in [7, 11) is -4.15. The van der Waals surface area contributed by atoms with Gasteiger partial charge in [0, 0.05) is 24.9 Å². The number of alkyl halides is 1. The summed E-state index contributed by atoms with van der Waals surface area (Å²) in [6.07, 6.45) is 30.5. The zero-order valence-electron chi connectivity index (χ0n) is 28.1. The molecule has 2 N–H and O–H groups in total. The second kappa shape index (κ2) is 33.4. The van der Waals surface area contributed by atoms with E-state index in [4.69, 9.17) is 13.8 Å². The summed E-state index contributed by atoms with van der Waals surface area (Å²) in [5.74, 6) is -0.00811. The number of phosphoric ester groups is 1. The molecule has 0 aromatic rings. The van der Waals surface area contributed by atoms with Crippen molar-refractivity contribution in [1.82, 2.24) is 5.32 Å². The largest absolute Gasteiger partial charge is 0.472 e. The van der Waals surface area contributed by atoms with Gasteiger partial charge in [-0.2, -0.15) is 0 Å². The van der Waals surface area contributed by atoms with Crippen LogP contribution in [0.1, 0.15) is 174 Å². The molecule has 2 unspecified atom stereocenters. The van der Waals surface area contributed by atoms with Crippen molar-refractivity contribution in [2.75, 3.05) is 31.7 Å². The molecule has 0 saturated heterocycles. The van der Waals surface area contributed by atoms with E-state index in [1.165, 1.54) is 128 Å². The third kappa shape index (κ3) is 33.2. The molecule has 0 aliphatic heterocycles. The summed E-state index contributed by atoms with van der Waals surface area (Å²) in [5.41, 5.74) is 0. The van der Waals surface area contributed by atoms with Crippen LogP contribution in [-0.2, 0) is 23.1 Å². The number of hydrogen-bond acceptors (Lipinski definition) is 5. The lowest BCUT2D eigenvalue weighted by molar-refractivity contribution is -0.122. The molecule has 0 aromatic heterocycles.